The fraction of sp³-hybridized carbons (Fsp3) is 0.318. The summed E-state index contributed by atoms with van der Waals surface area (Å²) in [5.41, 5.74) is 1.86. The largest absolute Gasteiger partial charge is 0.454 e. The first-order valence-corrected chi connectivity index (χ1v) is 10.1. The van der Waals surface area contributed by atoms with Gasteiger partial charge in [0.1, 0.15) is 0 Å². The number of benzene rings is 2. The minimum atomic E-state index is -0.0703. The highest BCUT2D eigenvalue weighted by molar-refractivity contribution is 5.74. The standard InChI is InChI=1S/C22H22N4O4/c27-22(23-12-15-5-2-1-3-6-15)26-10-4-7-17(13-26)21-25-24-20(30-21)16-8-9-18-19(11-16)29-14-28-18/h1-3,5-6,8-9,11,17H,4,7,10,12-14H2,(H,23,27). The van der Waals surface area contributed by atoms with Crippen molar-refractivity contribution in [3.8, 4) is 23.0 Å². The van der Waals surface area contributed by atoms with Gasteiger partial charge in [-0.1, -0.05) is 30.3 Å². The molecule has 1 aromatic heterocycles. The maximum atomic E-state index is 12.6. The minimum absolute atomic E-state index is 0.0245. The highest BCUT2D eigenvalue weighted by Gasteiger charge is 2.28. The predicted molar refractivity (Wildman–Crippen MR) is 108 cm³/mol. The van der Waals surface area contributed by atoms with Crippen LogP contribution in [0.15, 0.2) is 52.9 Å². The summed E-state index contributed by atoms with van der Waals surface area (Å²) >= 11 is 0. The summed E-state index contributed by atoms with van der Waals surface area (Å²) in [7, 11) is 0. The van der Waals surface area contributed by atoms with Crippen LogP contribution in [0.1, 0.15) is 30.2 Å². The van der Waals surface area contributed by atoms with Crippen molar-refractivity contribution in [2.45, 2.75) is 25.3 Å². The number of likely N-dealkylation sites (tertiary alicyclic amines) is 1. The average Bonchev–Trinajstić information content (AvgIpc) is 3.47. The van der Waals surface area contributed by atoms with Crippen LogP contribution in [0.5, 0.6) is 11.5 Å². The van der Waals surface area contributed by atoms with Crippen LogP contribution in [-0.4, -0.2) is 41.0 Å². The fourth-order valence-electron chi connectivity index (χ4n) is 3.79. The summed E-state index contributed by atoms with van der Waals surface area (Å²) in [4.78, 5) is 14.4. The van der Waals surface area contributed by atoms with Crippen LogP contribution in [0.4, 0.5) is 4.79 Å². The molecule has 2 aliphatic heterocycles. The molecule has 0 bridgehead atoms. The molecule has 1 N–H and O–H groups in total. The molecular formula is C22H22N4O4. The lowest BCUT2D eigenvalue weighted by Gasteiger charge is -2.31. The fourth-order valence-corrected chi connectivity index (χ4v) is 3.79. The molecule has 0 aliphatic carbocycles. The van der Waals surface area contributed by atoms with Crippen LogP contribution < -0.4 is 14.8 Å². The minimum Gasteiger partial charge on any atom is -0.454 e. The molecule has 5 rings (SSSR count). The number of piperidine rings is 1. The summed E-state index contributed by atoms with van der Waals surface area (Å²) in [6.45, 7) is 2.01. The van der Waals surface area contributed by atoms with E-state index in [-0.39, 0.29) is 18.7 Å². The van der Waals surface area contributed by atoms with Crippen molar-refractivity contribution in [2.24, 2.45) is 0 Å². The highest BCUT2D eigenvalue weighted by Crippen LogP contribution is 2.36. The number of hydrogen-bond donors (Lipinski definition) is 1. The van der Waals surface area contributed by atoms with Gasteiger partial charge in [-0.25, -0.2) is 4.79 Å². The van der Waals surface area contributed by atoms with Crippen molar-refractivity contribution < 1.29 is 18.7 Å². The van der Waals surface area contributed by atoms with Crippen molar-refractivity contribution >= 4 is 6.03 Å². The van der Waals surface area contributed by atoms with Gasteiger partial charge in [-0.15, -0.1) is 10.2 Å². The van der Waals surface area contributed by atoms with Gasteiger partial charge in [-0.2, -0.15) is 0 Å². The van der Waals surface area contributed by atoms with Crippen molar-refractivity contribution in [1.82, 2.24) is 20.4 Å². The number of fused-ring (bicyclic) bond motifs is 1. The second-order valence-corrected chi connectivity index (χ2v) is 7.44. The van der Waals surface area contributed by atoms with Crippen molar-refractivity contribution in [3.05, 3.63) is 60.0 Å². The van der Waals surface area contributed by atoms with E-state index in [0.717, 1.165) is 30.5 Å². The van der Waals surface area contributed by atoms with Crippen LogP contribution in [0.2, 0.25) is 0 Å². The second kappa shape index (κ2) is 8.06. The Hall–Kier alpha value is -3.55. The van der Waals surface area contributed by atoms with E-state index in [9.17, 15) is 4.79 Å². The molecule has 2 aliphatic rings. The Labute approximate surface area is 173 Å². The maximum Gasteiger partial charge on any atom is 0.317 e. The molecule has 3 aromatic rings. The molecule has 1 unspecified atom stereocenters. The number of carbonyl (C=O) groups excluding carboxylic acids is 1. The molecule has 2 amide bonds. The SMILES string of the molecule is O=C(NCc1ccccc1)N1CCCC(c2nnc(-c3ccc4c(c3)OCO4)o2)C1. The monoisotopic (exact) mass is 406 g/mol. The Morgan fingerprint density at radius 2 is 1.97 bits per heavy atom. The van der Waals surface area contributed by atoms with E-state index < -0.39 is 0 Å². The third-order valence-electron chi connectivity index (χ3n) is 5.40. The number of hydrogen-bond acceptors (Lipinski definition) is 6. The predicted octanol–water partition coefficient (Wildman–Crippen LogP) is 3.55. The topological polar surface area (TPSA) is 89.7 Å². The third-order valence-corrected chi connectivity index (χ3v) is 5.40. The van der Waals surface area contributed by atoms with Gasteiger partial charge in [-0.05, 0) is 36.6 Å². The number of carbonyl (C=O) groups is 1. The summed E-state index contributed by atoms with van der Waals surface area (Å²) in [6, 6.07) is 15.4. The summed E-state index contributed by atoms with van der Waals surface area (Å²) in [6.07, 6.45) is 1.80. The van der Waals surface area contributed by atoms with Crippen LogP contribution in [0.25, 0.3) is 11.5 Å². The number of nitrogens with zero attached hydrogens (tertiary/aromatic N) is 3. The van der Waals surface area contributed by atoms with Gasteiger partial charge in [-0.3, -0.25) is 0 Å². The van der Waals surface area contributed by atoms with Crippen molar-refractivity contribution in [2.75, 3.05) is 19.9 Å². The summed E-state index contributed by atoms with van der Waals surface area (Å²) < 4.78 is 16.7. The Morgan fingerprint density at radius 1 is 1.10 bits per heavy atom. The van der Waals surface area contributed by atoms with Crippen LogP contribution in [0.3, 0.4) is 0 Å². The molecule has 1 saturated heterocycles. The summed E-state index contributed by atoms with van der Waals surface area (Å²) in [5.74, 6) is 2.41. The molecule has 1 fully saturated rings. The van der Waals surface area contributed by atoms with E-state index in [1.165, 1.54) is 0 Å². The first-order chi connectivity index (χ1) is 14.8. The van der Waals surface area contributed by atoms with E-state index in [4.69, 9.17) is 13.9 Å². The Kier molecular flexibility index (Phi) is 4.96. The highest BCUT2D eigenvalue weighted by atomic mass is 16.7. The van der Waals surface area contributed by atoms with E-state index in [1.807, 2.05) is 53.4 Å². The number of nitrogens with one attached hydrogen (secondary N) is 1. The lowest BCUT2D eigenvalue weighted by Crippen LogP contribution is -2.44. The molecule has 30 heavy (non-hydrogen) atoms. The average molecular weight is 406 g/mol. The first-order valence-electron chi connectivity index (χ1n) is 10.1. The molecule has 8 nitrogen and oxygen atoms in total. The zero-order valence-corrected chi connectivity index (χ0v) is 16.4. The van der Waals surface area contributed by atoms with Gasteiger partial charge in [0.2, 0.25) is 18.6 Å². The number of ether oxygens (including phenoxy) is 2. The first kappa shape index (κ1) is 18.5. The quantitative estimate of drug-likeness (QED) is 0.713. The van der Waals surface area contributed by atoms with E-state index in [2.05, 4.69) is 15.5 Å². The lowest BCUT2D eigenvalue weighted by atomic mass is 9.98. The Bertz CT molecular complexity index is 1040. The zero-order chi connectivity index (χ0) is 20.3. The Balaban J connectivity index is 1.23. The third kappa shape index (κ3) is 3.80. The van der Waals surface area contributed by atoms with Gasteiger partial charge in [0.15, 0.2) is 11.5 Å². The normalized spacial score (nSPS) is 17.7. The van der Waals surface area contributed by atoms with E-state index in [0.29, 0.717) is 36.4 Å². The molecule has 8 heteroatoms. The van der Waals surface area contributed by atoms with Crippen LogP contribution in [0, 0.1) is 0 Å². The number of aromatic nitrogens is 2. The molecule has 0 saturated carbocycles. The van der Waals surface area contributed by atoms with Gasteiger partial charge < -0.3 is 24.1 Å². The smallest absolute Gasteiger partial charge is 0.317 e. The molecule has 0 radical (unpaired) electrons. The maximum absolute atomic E-state index is 12.6. The lowest BCUT2D eigenvalue weighted by molar-refractivity contribution is 0.173. The van der Waals surface area contributed by atoms with E-state index in [1.54, 1.807) is 0 Å². The molecule has 1 atom stereocenters. The zero-order valence-electron chi connectivity index (χ0n) is 16.4. The molecule has 3 heterocycles. The van der Waals surface area contributed by atoms with Gasteiger partial charge in [0, 0.05) is 25.2 Å². The van der Waals surface area contributed by atoms with Crippen molar-refractivity contribution in [1.29, 1.82) is 0 Å². The number of urea groups is 1. The number of amides is 2. The van der Waals surface area contributed by atoms with Gasteiger partial charge in [0.05, 0.1) is 5.92 Å². The Morgan fingerprint density at radius 3 is 2.87 bits per heavy atom. The summed E-state index contributed by atoms with van der Waals surface area (Å²) in [5, 5.41) is 11.4. The van der Waals surface area contributed by atoms with Crippen molar-refractivity contribution in [3.63, 3.8) is 0 Å². The second-order valence-electron chi connectivity index (χ2n) is 7.44. The van der Waals surface area contributed by atoms with Crippen LogP contribution in [-0.2, 0) is 6.54 Å². The van der Waals surface area contributed by atoms with E-state index >= 15 is 0 Å². The van der Waals surface area contributed by atoms with Crippen LogP contribution >= 0.6 is 0 Å². The molecule has 2 aromatic carbocycles. The molecule has 0 spiro atoms. The molecular weight excluding hydrogens is 384 g/mol. The molecule has 154 valence electrons. The van der Waals surface area contributed by atoms with Gasteiger partial charge in [0.25, 0.3) is 0 Å². The number of rotatable bonds is 4. The van der Waals surface area contributed by atoms with Gasteiger partial charge >= 0.3 is 6.03 Å².